The summed E-state index contributed by atoms with van der Waals surface area (Å²) in [6, 6.07) is 13.2. The SMILES string of the molecule is COc1ccc(/C=C/C(=O)Nc2nnc(-c3ccccc3)s2)c(OC)c1OC. The Labute approximate surface area is 166 Å². The predicted molar refractivity (Wildman–Crippen MR) is 109 cm³/mol. The minimum atomic E-state index is -0.326. The van der Waals surface area contributed by atoms with Crippen molar-refractivity contribution >= 4 is 28.5 Å². The highest BCUT2D eigenvalue weighted by atomic mass is 32.1. The molecule has 0 unspecified atom stereocenters. The molecule has 3 rings (SSSR count). The molecule has 0 saturated heterocycles. The summed E-state index contributed by atoms with van der Waals surface area (Å²) in [4.78, 5) is 12.3. The highest BCUT2D eigenvalue weighted by Gasteiger charge is 2.14. The van der Waals surface area contributed by atoms with Crippen LogP contribution in [-0.4, -0.2) is 37.4 Å². The average Bonchev–Trinajstić information content (AvgIpc) is 3.20. The Hall–Kier alpha value is -3.39. The largest absolute Gasteiger partial charge is 0.493 e. The topological polar surface area (TPSA) is 82.6 Å². The van der Waals surface area contributed by atoms with Gasteiger partial charge in [-0.05, 0) is 18.2 Å². The summed E-state index contributed by atoms with van der Waals surface area (Å²) in [5.41, 5.74) is 1.63. The molecule has 8 heteroatoms. The number of benzene rings is 2. The lowest BCUT2D eigenvalue weighted by atomic mass is 10.1. The number of ether oxygens (including phenoxy) is 3. The first-order valence-electron chi connectivity index (χ1n) is 8.33. The quantitative estimate of drug-likeness (QED) is 0.609. The lowest BCUT2D eigenvalue weighted by Gasteiger charge is -2.13. The molecule has 0 bridgehead atoms. The number of carbonyl (C=O) groups excluding carboxylic acids is 1. The van der Waals surface area contributed by atoms with E-state index < -0.39 is 0 Å². The number of nitrogens with zero attached hydrogens (tertiary/aromatic N) is 2. The summed E-state index contributed by atoms with van der Waals surface area (Å²) in [5.74, 6) is 1.16. The van der Waals surface area contributed by atoms with Crippen molar-refractivity contribution in [2.75, 3.05) is 26.6 Å². The fourth-order valence-electron chi connectivity index (χ4n) is 2.54. The molecule has 0 spiro atoms. The molecule has 1 amide bonds. The molecule has 0 radical (unpaired) electrons. The molecule has 3 aromatic rings. The summed E-state index contributed by atoms with van der Waals surface area (Å²) in [6.07, 6.45) is 3.03. The van der Waals surface area contributed by atoms with Gasteiger partial charge in [-0.15, -0.1) is 10.2 Å². The second kappa shape index (κ2) is 9.01. The van der Waals surface area contributed by atoms with Gasteiger partial charge >= 0.3 is 0 Å². The molecule has 144 valence electrons. The van der Waals surface area contributed by atoms with Gasteiger partial charge < -0.3 is 14.2 Å². The van der Waals surface area contributed by atoms with E-state index in [1.165, 1.54) is 31.6 Å². The van der Waals surface area contributed by atoms with Gasteiger partial charge in [0.15, 0.2) is 11.5 Å². The van der Waals surface area contributed by atoms with Crippen molar-refractivity contribution < 1.29 is 19.0 Å². The average molecular weight is 397 g/mol. The summed E-state index contributed by atoms with van der Waals surface area (Å²) in [6.45, 7) is 0. The van der Waals surface area contributed by atoms with E-state index in [1.807, 2.05) is 30.3 Å². The third kappa shape index (κ3) is 4.29. The van der Waals surface area contributed by atoms with Crippen LogP contribution in [0.1, 0.15) is 5.56 Å². The summed E-state index contributed by atoms with van der Waals surface area (Å²) in [7, 11) is 4.60. The zero-order valence-electron chi connectivity index (χ0n) is 15.6. The predicted octanol–water partition coefficient (Wildman–Crippen LogP) is 3.88. The Morgan fingerprint density at radius 2 is 1.71 bits per heavy atom. The number of amides is 1. The van der Waals surface area contributed by atoms with Gasteiger partial charge in [0.2, 0.25) is 16.8 Å². The van der Waals surface area contributed by atoms with Crippen LogP contribution in [0.3, 0.4) is 0 Å². The van der Waals surface area contributed by atoms with Gasteiger partial charge in [0.25, 0.3) is 0 Å². The Morgan fingerprint density at radius 1 is 0.964 bits per heavy atom. The Morgan fingerprint density at radius 3 is 2.39 bits per heavy atom. The number of hydrogen-bond donors (Lipinski definition) is 1. The van der Waals surface area contributed by atoms with Crippen LogP contribution >= 0.6 is 11.3 Å². The smallest absolute Gasteiger partial charge is 0.250 e. The molecule has 28 heavy (non-hydrogen) atoms. The first-order valence-corrected chi connectivity index (χ1v) is 9.15. The maximum atomic E-state index is 12.3. The van der Waals surface area contributed by atoms with Crippen molar-refractivity contribution in [2.24, 2.45) is 0 Å². The van der Waals surface area contributed by atoms with Crippen LogP contribution in [0.4, 0.5) is 5.13 Å². The molecule has 0 aliphatic heterocycles. The first-order chi connectivity index (χ1) is 13.7. The molecule has 0 fully saturated rings. The third-order valence-electron chi connectivity index (χ3n) is 3.82. The highest BCUT2D eigenvalue weighted by molar-refractivity contribution is 7.18. The summed E-state index contributed by atoms with van der Waals surface area (Å²) in [5, 5.41) is 12.0. The van der Waals surface area contributed by atoms with Gasteiger partial charge in [-0.1, -0.05) is 41.7 Å². The van der Waals surface area contributed by atoms with E-state index in [1.54, 1.807) is 25.3 Å². The van der Waals surface area contributed by atoms with Crippen LogP contribution < -0.4 is 19.5 Å². The van der Waals surface area contributed by atoms with Crippen molar-refractivity contribution in [1.82, 2.24) is 10.2 Å². The van der Waals surface area contributed by atoms with Crippen molar-refractivity contribution in [2.45, 2.75) is 0 Å². The molecule has 0 saturated carbocycles. The number of nitrogens with one attached hydrogen (secondary N) is 1. The second-order valence-corrected chi connectivity index (χ2v) is 6.50. The van der Waals surface area contributed by atoms with Gasteiger partial charge in [-0.2, -0.15) is 0 Å². The Bertz CT molecular complexity index is 986. The Kier molecular flexibility index (Phi) is 6.23. The van der Waals surface area contributed by atoms with Gasteiger partial charge in [0.1, 0.15) is 5.01 Å². The van der Waals surface area contributed by atoms with Crippen LogP contribution in [0.15, 0.2) is 48.5 Å². The molecule has 1 N–H and O–H groups in total. The first kappa shape index (κ1) is 19.4. The molecule has 0 aliphatic rings. The van der Waals surface area contributed by atoms with Gasteiger partial charge in [-0.3, -0.25) is 10.1 Å². The van der Waals surface area contributed by atoms with Crippen molar-refractivity contribution in [3.63, 3.8) is 0 Å². The summed E-state index contributed by atoms with van der Waals surface area (Å²) < 4.78 is 16.0. The van der Waals surface area contributed by atoms with E-state index in [0.29, 0.717) is 27.9 Å². The molecule has 7 nitrogen and oxygen atoms in total. The molecule has 2 aromatic carbocycles. The lowest BCUT2D eigenvalue weighted by molar-refractivity contribution is -0.111. The van der Waals surface area contributed by atoms with Gasteiger partial charge in [0, 0.05) is 17.2 Å². The van der Waals surface area contributed by atoms with E-state index in [9.17, 15) is 4.79 Å². The van der Waals surface area contributed by atoms with Crippen molar-refractivity contribution in [3.8, 4) is 27.8 Å². The number of aromatic nitrogens is 2. The molecule has 1 heterocycles. The molecule has 0 aliphatic carbocycles. The number of anilines is 1. The maximum Gasteiger partial charge on any atom is 0.250 e. The number of hydrogen-bond acceptors (Lipinski definition) is 7. The van der Waals surface area contributed by atoms with Crippen LogP contribution in [0.5, 0.6) is 17.2 Å². The molecular weight excluding hydrogens is 378 g/mol. The van der Waals surface area contributed by atoms with Crippen molar-refractivity contribution in [3.05, 3.63) is 54.1 Å². The van der Waals surface area contributed by atoms with E-state index in [-0.39, 0.29) is 5.91 Å². The van der Waals surface area contributed by atoms with E-state index >= 15 is 0 Å². The van der Waals surface area contributed by atoms with Crippen molar-refractivity contribution in [1.29, 1.82) is 0 Å². The fraction of sp³-hybridized carbons (Fsp3) is 0.150. The fourth-order valence-corrected chi connectivity index (χ4v) is 3.29. The molecule has 0 atom stereocenters. The van der Waals surface area contributed by atoms with E-state index in [4.69, 9.17) is 14.2 Å². The van der Waals surface area contributed by atoms with Crippen LogP contribution in [-0.2, 0) is 4.79 Å². The normalized spacial score (nSPS) is 10.7. The zero-order valence-corrected chi connectivity index (χ0v) is 16.4. The summed E-state index contributed by atoms with van der Waals surface area (Å²) >= 11 is 1.31. The number of methoxy groups -OCH3 is 3. The highest BCUT2D eigenvalue weighted by Crippen LogP contribution is 2.40. The monoisotopic (exact) mass is 397 g/mol. The molecule has 1 aromatic heterocycles. The zero-order chi connectivity index (χ0) is 19.9. The second-order valence-electron chi connectivity index (χ2n) is 5.52. The van der Waals surface area contributed by atoms with Crippen LogP contribution in [0.25, 0.3) is 16.6 Å². The van der Waals surface area contributed by atoms with Gasteiger partial charge in [-0.25, -0.2) is 0 Å². The molecular formula is C20H19N3O4S. The maximum absolute atomic E-state index is 12.3. The van der Waals surface area contributed by atoms with E-state index in [2.05, 4.69) is 15.5 Å². The van der Waals surface area contributed by atoms with Crippen LogP contribution in [0.2, 0.25) is 0 Å². The number of carbonyl (C=O) groups is 1. The van der Waals surface area contributed by atoms with E-state index in [0.717, 1.165) is 10.6 Å². The minimum absolute atomic E-state index is 0.326. The third-order valence-corrected chi connectivity index (χ3v) is 4.71. The minimum Gasteiger partial charge on any atom is -0.493 e. The standard InChI is InChI=1S/C20H19N3O4S/c1-25-15-11-9-13(17(26-2)18(15)27-3)10-12-16(24)21-20-23-22-19(28-20)14-7-5-4-6-8-14/h4-12H,1-3H3,(H,21,23,24)/b12-10+. The van der Waals surface area contributed by atoms with Crippen LogP contribution in [0, 0.1) is 0 Å². The Balaban J connectivity index is 1.73. The van der Waals surface area contributed by atoms with Gasteiger partial charge in [0.05, 0.1) is 21.3 Å². The lowest BCUT2D eigenvalue weighted by Crippen LogP contribution is -2.07. The number of rotatable bonds is 7.